The van der Waals surface area contributed by atoms with Gasteiger partial charge in [-0.1, -0.05) is 81.4 Å². The second-order valence-electron chi connectivity index (χ2n) is 8.11. The van der Waals surface area contributed by atoms with E-state index in [1.54, 1.807) is 0 Å². The van der Waals surface area contributed by atoms with E-state index in [0.717, 1.165) is 10.4 Å². The molecule has 0 radical (unpaired) electrons. The van der Waals surface area contributed by atoms with Gasteiger partial charge in [-0.25, -0.2) is 0 Å². The van der Waals surface area contributed by atoms with Crippen LogP contribution in [0.3, 0.4) is 0 Å². The highest BCUT2D eigenvalue weighted by Crippen LogP contribution is 2.52. The van der Waals surface area contributed by atoms with Crippen LogP contribution in [0, 0.1) is 0 Å². The lowest BCUT2D eigenvalue weighted by molar-refractivity contribution is -0.277. The first-order valence-corrected chi connectivity index (χ1v) is 10.9. The Labute approximate surface area is 154 Å². The van der Waals surface area contributed by atoms with Crippen molar-refractivity contribution in [3.8, 4) is 0 Å². The van der Waals surface area contributed by atoms with Crippen molar-refractivity contribution in [2.45, 2.75) is 56.8 Å². The van der Waals surface area contributed by atoms with Gasteiger partial charge in [0.2, 0.25) is 0 Å². The molecule has 1 aliphatic rings. The molecule has 1 saturated carbocycles. The zero-order valence-corrected chi connectivity index (χ0v) is 16.4. The quantitative estimate of drug-likeness (QED) is 0.677. The van der Waals surface area contributed by atoms with Gasteiger partial charge in [0, 0.05) is 0 Å². The summed E-state index contributed by atoms with van der Waals surface area (Å²) in [5, 5.41) is 1.31. The van der Waals surface area contributed by atoms with E-state index in [1.807, 2.05) is 81.4 Å². The van der Waals surface area contributed by atoms with Gasteiger partial charge >= 0.3 is 6.18 Å². The average Bonchev–Trinajstić information content (AvgIpc) is 2.53. The van der Waals surface area contributed by atoms with Crippen LogP contribution in [-0.2, 0) is 4.43 Å². The molecule has 0 heterocycles. The third kappa shape index (κ3) is 3.01. The topological polar surface area (TPSA) is 9.23 Å². The molecule has 0 spiro atoms. The summed E-state index contributed by atoms with van der Waals surface area (Å²) < 4.78 is 48.4. The Kier molecular flexibility index (Phi) is 4.82. The number of hydrogen-bond acceptors (Lipinski definition) is 1. The molecular weight excluding hydrogens is 353 g/mol. The van der Waals surface area contributed by atoms with Crippen LogP contribution in [0.4, 0.5) is 13.2 Å². The first kappa shape index (κ1) is 19.2. The van der Waals surface area contributed by atoms with Gasteiger partial charge in [0.15, 0.2) is 5.60 Å². The molecule has 0 aliphatic heterocycles. The molecule has 26 heavy (non-hydrogen) atoms. The van der Waals surface area contributed by atoms with Gasteiger partial charge in [0.05, 0.1) is 0 Å². The number of hydrogen-bond donors (Lipinski definition) is 0. The van der Waals surface area contributed by atoms with E-state index in [2.05, 4.69) is 0 Å². The fourth-order valence-corrected chi connectivity index (χ4v) is 8.72. The lowest BCUT2D eigenvalue weighted by atomic mass is 9.80. The Morgan fingerprint density at radius 3 is 1.50 bits per heavy atom. The Balaban J connectivity index is 2.25. The first-order valence-electron chi connectivity index (χ1n) is 9.00. The third-order valence-electron chi connectivity index (χ3n) is 5.44. The zero-order valence-electron chi connectivity index (χ0n) is 15.4. The molecule has 2 aromatic rings. The summed E-state index contributed by atoms with van der Waals surface area (Å²) in [5.74, 6) is 0. The summed E-state index contributed by atoms with van der Waals surface area (Å²) in [4.78, 5) is 0. The second kappa shape index (κ2) is 6.53. The van der Waals surface area contributed by atoms with E-state index < -0.39 is 25.1 Å². The molecule has 1 nitrogen and oxygen atoms in total. The fraction of sp³-hybridized carbons (Fsp3) is 0.429. The lowest BCUT2D eigenvalue weighted by Crippen LogP contribution is -2.72. The van der Waals surface area contributed by atoms with Gasteiger partial charge in [-0.3, -0.25) is 0 Å². The van der Waals surface area contributed by atoms with Gasteiger partial charge < -0.3 is 4.43 Å². The van der Waals surface area contributed by atoms with Crippen LogP contribution in [0.25, 0.3) is 0 Å². The van der Waals surface area contributed by atoms with Crippen molar-refractivity contribution in [3.05, 3.63) is 60.7 Å². The molecule has 140 valence electrons. The van der Waals surface area contributed by atoms with Gasteiger partial charge in [-0.15, -0.1) is 0 Å². The molecule has 1 aliphatic carbocycles. The van der Waals surface area contributed by atoms with Crippen molar-refractivity contribution in [3.63, 3.8) is 0 Å². The van der Waals surface area contributed by atoms with Gasteiger partial charge in [-0.2, -0.15) is 13.2 Å². The summed E-state index contributed by atoms with van der Waals surface area (Å²) >= 11 is 0. The van der Waals surface area contributed by atoms with E-state index in [9.17, 15) is 13.2 Å². The molecule has 0 saturated heterocycles. The molecule has 2 aromatic carbocycles. The van der Waals surface area contributed by atoms with Crippen molar-refractivity contribution in [1.29, 1.82) is 0 Å². The summed E-state index contributed by atoms with van der Waals surface area (Å²) in [6.07, 6.45) is -3.72. The molecule has 0 atom stereocenters. The summed E-state index contributed by atoms with van der Waals surface area (Å²) in [5.41, 5.74) is -2.03. The van der Waals surface area contributed by atoms with E-state index in [-0.39, 0.29) is 12.8 Å². The van der Waals surface area contributed by atoms with Crippen LogP contribution in [0.1, 0.15) is 40.0 Å². The van der Waals surface area contributed by atoms with Gasteiger partial charge in [0.1, 0.15) is 0 Å². The minimum atomic E-state index is -4.36. The van der Waals surface area contributed by atoms with Crippen LogP contribution in [-0.4, -0.2) is 20.1 Å². The Morgan fingerprint density at radius 2 is 1.23 bits per heavy atom. The summed E-state index contributed by atoms with van der Waals surface area (Å²) in [6, 6.07) is 19.0. The maximum atomic E-state index is 14.0. The molecule has 0 amide bonds. The Morgan fingerprint density at radius 1 is 0.808 bits per heavy atom. The number of halogens is 3. The summed E-state index contributed by atoms with van der Waals surface area (Å²) in [7, 11) is -3.18. The molecule has 3 rings (SSSR count). The monoisotopic (exact) mass is 378 g/mol. The molecule has 0 N–H and O–H groups in total. The highest BCUT2D eigenvalue weighted by molar-refractivity contribution is 6.99. The van der Waals surface area contributed by atoms with Crippen molar-refractivity contribution >= 4 is 18.7 Å². The standard InChI is InChI=1S/C21H25F3OSi/c1-19(2,3)26(17-11-6-4-7-12-17,18-13-8-5-9-14-18)25-20(15-10-16-20)21(22,23)24/h4-9,11-14H,10,15-16H2,1-3H3. The van der Waals surface area contributed by atoms with Gasteiger partial charge in [0.25, 0.3) is 8.32 Å². The van der Waals surface area contributed by atoms with E-state index >= 15 is 0 Å². The van der Waals surface area contributed by atoms with Crippen LogP contribution in [0.5, 0.6) is 0 Å². The minimum absolute atomic E-state index is 0.0427. The van der Waals surface area contributed by atoms with E-state index in [1.165, 1.54) is 0 Å². The predicted octanol–water partition coefficient (Wildman–Crippen LogP) is 5.05. The van der Waals surface area contributed by atoms with Crippen LogP contribution >= 0.6 is 0 Å². The maximum absolute atomic E-state index is 14.0. The smallest absolute Gasteiger partial charge is 0.393 e. The molecule has 5 heteroatoms. The van der Waals surface area contributed by atoms with E-state index in [0.29, 0.717) is 6.42 Å². The highest BCUT2D eigenvalue weighted by Gasteiger charge is 2.65. The number of rotatable bonds is 4. The minimum Gasteiger partial charge on any atom is -0.393 e. The molecule has 0 bridgehead atoms. The van der Waals surface area contributed by atoms with Crippen LogP contribution in [0.15, 0.2) is 60.7 Å². The second-order valence-corrected chi connectivity index (χ2v) is 12.3. The normalized spacial score (nSPS) is 17.6. The van der Waals surface area contributed by atoms with E-state index in [4.69, 9.17) is 4.43 Å². The van der Waals surface area contributed by atoms with Crippen molar-refractivity contribution in [2.75, 3.05) is 0 Å². The number of benzene rings is 2. The molecule has 0 unspecified atom stereocenters. The van der Waals surface area contributed by atoms with Crippen LogP contribution in [0.2, 0.25) is 5.04 Å². The molecular formula is C21H25F3OSi. The largest absolute Gasteiger partial charge is 0.416 e. The number of alkyl halides is 3. The lowest BCUT2D eigenvalue weighted by Gasteiger charge is -2.53. The Bertz CT molecular complexity index is 692. The van der Waals surface area contributed by atoms with Crippen molar-refractivity contribution in [1.82, 2.24) is 0 Å². The average molecular weight is 379 g/mol. The summed E-state index contributed by atoms with van der Waals surface area (Å²) in [6.45, 7) is 6.01. The predicted molar refractivity (Wildman–Crippen MR) is 101 cm³/mol. The Hall–Kier alpha value is -1.59. The SMILES string of the molecule is CC(C)(C)[Si](OC1(C(F)(F)F)CCC1)(c1ccccc1)c1ccccc1. The first-order chi connectivity index (χ1) is 12.1. The van der Waals surface area contributed by atoms with Crippen molar-refractivity contribution < 1.29 is 17.6 Å². The van der Waals surface area contributed by atoms with Gasteiger partial charge in [-0.05, 0) is 34.7 Å². The van der Waals surface area contributed by atoms with Crippen LogP contribution < -0.4 is 10.4 Å². The molecule has 0 aromatic heterocycles. The zero-order chi connectivity index (χ0) is 19.1. The molecule has 1 fully saturated rings. The third-order valence-corrected chi connectivity index (χ3v) is 10.5. The van der Waals surface area contributed by atoms with Crippen molar-refractivity contribution in [2.24, 2.45) is 0 Å². The fourth-order valence-electron chi connectivity index (χ4n) is 3.88. The maximum Gasteiger partial charge on any atom is 0.416 e. The highest BCUT2D eigenvalue weighted by atomic mass is 28.4.